The second-order valence-electron chi connectivity index (χ2n) is 3.40. The van der Waals surface area contributed by atoms with Crippen molar-refractivity contribution < 1.29 is 0 Å². The Balaban J connectivity index is 2.26. The van der Waals surface area contributed by atoms with E-state index >= 15 is 0 Å². The Labute approximate surface area is 90.4 Å². The van der Waals surface area contributed by atoms with Crippen LogP contribution in [0.3, 0.4) is 0 Å². The van der Waals surface area contributed by atoms with Gasteiger partial charge in [0.2, 0.25) is 0 Å². The minimum absolute atomic E-state index is 0.208. The standard InChI is InChI=1S/C11H8N4O/c16-11-5-4-9(13-14-11)8-7-12-15-6-2-1-3-10(8)15/h1-7H,(H,14,16). The average Bonchev–Trinajstić information content (AvgIpc) is 2.74. The third-order valence-corrected chi connectivity index (χ3v) is 2.38. The van der Waals surface area contributed by atoms with Crippen LogP contribution in [-0.2, 0) is 0 Å². The second kappa shape index (κ2) is 3.30. The molecular formula is C11H8N4O. The number of aromatic nitrogens is 4. The van der Waals surface area contributed by atoms with Crippen LogP contribution in [0.2, 0.25) is 0 Å². The van der Waals surface area contributed by atoms with E-state index in [0.29, 0.717) is 5.69 Å². The average molecular weight is 212 g/mol. The molecule has 5 heteroatoms. The Morgan fingerprint density at radius 1 is 1.19 bits per heavy atom. The molecule has 0 bridgehead atoms. The fourth-order valence-electron chi connectivity index (χ4n) is 1.63. The normalized spacial score (nSPS) is 10.8. The van der Waals surface area contributed by atoms with Crippen LogP contribution in [0.5, 0.6) is 0 Å². The molecule has 0 aliphatic rings. The van der Waals surface area contributed by atoms with Crippen molar-refractivity contribution in [3.63, 3.8) is 0 Å². The number of H-pyrrole nitrogens is 1. The molecule has 3 aromatic rings. The minimum Gasteiger partial charge on any atom is -0.268 e. The molecule has 78 valence electrons. The third kappa shape index (κ3) is 1.30. The molecule has 16 heavy (non-hydrogen) atoms. The molecule has 3 heterocycles. The van der Waals surface area contributed by atoms with Crippen molar-refractivity contribution in [3.05, 3.63) is 53.1 Å². The van der Waals surface area contributed by atoms with Gasteiger partial charge >= 0.3 is 0 Å². The Kier molecular flexibility index (Phi) is 1.83. The lowest BCUT2D eigenvalue weighted by atomic mass is 10.2. The Morgan fingerprint density at radius 2 is 2.12 bits per heavy atom. The predicted molar refractivity (Wildman–Crippen MR) is 59.0 cm³/mol. The van der Waals surface area contributed by atoms with Gasteiger partial charge in [0.05, 0.1) is 17.4 Å². The summed E-state index contributed by atoms with van der Waals surface area (Å²) in [4.78, 5) is 10.9. The van der Waals surface area contributed by atoms with Crippen molar-refractivity contribution in [1.29, 1.82) is 0 Å². The summed E-state index contributed by atoms with van der Waals surface area (Å²) in [6.07, 6.45) is 3.60. The summed E-state index contributed by atoms with van der Waals surface area (Å²) >= 11 is 0. The van der Waals surface area contributed by atoms with Crippen LogP contribution in [0.15, 0.2) is 47.5 Å². The van der Waals surface area contributed by atoms with Crippen molar-refractivity contribution in [2.24, 2.45) is 0 Å². The van der Waals surface area contributed by atoms with Crippen molar-refractivity contribution in [1.82, 2.24) is 19.8 Å². The van der Waals surface area contributed by atoms with Crippen LogP contribution in [0.1, 0.15) is 0 Å². The highest BCUT2D eigenvalue weighted by molar-refractivity contribution is 5.77. The lowest BCUT2D eigenvalue weighted by Crippen LogP contribution is -2.05. The summed E-state index contributed by atoms with van der Waals surface area (Å²) in [5.74, 6) is 0. The zero-order valence-electron chi connectivity index (χ0n) is 8.29. The maximum Gasteiger partial charge on any atom is 0.264 e. The Hall–Kier alpha value is -2.43. The number of nitrogens with one attached hydrogen (secondary N) is 1. The molecule has 5 nitrogen and oxygen atoms in total. The van der Waals surface area contributed by atoms with E-state index < -0.39 is 0 Å². The van der Waals surface area contributed by atoms with E-state index in [1.54, 1.807) is 16.8 Å². The first-order valence-corrected chi connectivity index (χ1v) is 4.83. The van der Waals surface area contributed by atoms with Crippen LogP contribution in [0.25, 0.3) is 16.8 Å². The third-order valence-electron chi connectivity index (χ3n) is 2.38. The molecule has 0 atom stereocenters. The van der Waals surface area contributed by atoms with Gasteiger partial charge in [-0.1, -0.05) is 6.07 Å². The van der Waals surface area contributed by atoms with Crippen LogP contribution in [-0.4, -0.2) is 19.8 Å². The molecule has 0 amide bonds. The van der Waals surface area contributed by atoms with Crippen molar-refractivity contribution in [2.45, 2.75) is 0 Å². The van der Waals surface area contributed by atoms with Crippen LogP contribution < -0.4 is 5.56 Å². The first-order valence-electron chi connectivity index (χ1n) is 4.83. The van der Waals surface area contributed by atoms with Gasteiger partial charge in [-0.05, 0) is 18.2 Å². The quantitative estimate of drug-likeness (QED) is 0.656. The monoisotopic (exact) mass is 212 g/mol. The van der Waals surface area contributed by atoms with Gasteiger partial charge in [0, 0.05) is 17.8 Å². The number of fused-ring (bicyclic) bond motifs is 1. The summed E-state index contributed by atoms with van der Waals surface area (Å²) in [6, 6.07) is 8.93. The molecule has 0 saturated carbocycles. The van der Waals surface area contributed by atoms with Gasteiger partial charge in [0.15, 0.2) is 0 Å². The second-order valence-corrected chi connectivity index (χ2v) is 3.40. The Morgan fingerprint density at radius 3 is 2.94 bits per heavy atom. The van der Waals surface area contributed by atoms with E-state index in [1.807, 2.05) is 24.4 Å². The van der Waals surface area contributed by atoms with E-state index in [1.165, 1.54) is 6.07 Å². The lowest BCUT2D eigenvalue weighted by molar-refractivity contribution is 0.961. The van der Waals surface area contributed by atoms with Crippen LogP contribution >= 0.6 is 0 Å². The molecular weight excluding hydrogens is 204 g/mol. The minimum atomic E-state index is -0.208. The zero-order chi connectivity index (χ0) is 11.0. The van der Waals surface area contributed by atoms with Crippen molar-refractivity contribution in [3.8, 4) is 11.3 Å². The molecule has 0 aliphatic heterocycles. The Bertz CT molecular complexity index is 678. The molecule has 0 fully saturated rings. The van der Waals surface area contributed by atoms with Crippen molar-refractivity contribution >= 4 is 5.52 Å². The molecule has 0 aromatic carbocycles. The number of hydrogen-bond acceptors (Lipinski definition) is 3. The number of rotatable bonds is 1. The highest BCUT2D eigenvalue weighted by Crippen LogP contribution is 2.20. The van der Waals surface area contributed by atoms with Crippen LogP contribution in [0.4, 0.5) is 0 Å². The van der Waals surface area contributed by atoms with Gasteiger partial charge in [-0.3, -0.25) is 4.79 Å². The number of aromatic amines is 1. The van der Waals surface area contributed by atoms with E-state index in [9.17, 15) is 4.79 Å². The lowest BCUT2D eigenvalue weighted by Gasteiger charge is -1.96. The predicted octanol–water partition coefficient (Wildman–Crippen LogP) is 1.08. The van der Waals surface area contributed by atoms with Crippen LogP contribution in [0, 0.1) is 0 Å². The topological polar surface area (TPSA) is 63.1 Å². The molecule has 0 saturated heterocycles. The summed E-state index contributed by atoms with van der Waals surface area (Å²) in [5.41, 5.74) is 2.36. The summed E-state index contributed by atoms with van der Waals surface area (Å²) in [5, 5.41) is 10.6. The summed E-state index contributed by atoms with van der Waals surface area (Å²) in [6.45, 7) is 0. The van der Waals surface area contributed by atoms with E-state index in [0.717, 1.165) is 11.1 Å². The van der Waals surface area contributed by atoms with E-state index in [2.05, 4.69) is 15.3 Å². The first kappa shape index (κ1) is 8.84. The van der Waals surface area contributed by atoms with E-state index in [-0.39, 0.29) is 5.56 Å². The molecule has 3 aromatic heterocycles. The summed E-state index contributed by atoms with van der Waals surface area (Å²) in [7, 11) is 0. The smallest absolute Gasteiger partial charge is 0.264 e. The van der Waals surface area contributed by atoms with Gasteiger partial charge in [-0.15, -0.1) is 0 Å². The number of nitrogens with zero attached hydrogens (tertiary/aromatic N) is 3. The van der Waals surface area contributed by atoms with Gasteiger partial charge in [0.25, 0.3) is 5.56 Å². The summed E-state index contributed by atoms with van der Waals surface area (Å²) < 4.78 is 1.77. The fourth-order valence-corrected chi connectivity index (χ4v) is 1.63. The van der Waals surface area contributed by atoms with Gasteiger partial charge in [0.1, 0.15) is 0 Å². The van der Waals surface area contributed by atoms with Gasteiger partial charge in [-0.25, -0.2) is 9.61 Å². The van der Waals surface area contributed by atoms with Crippen molar-refractivity contribution in [2.75, 3.05) is 0 Å². The maximum absolute atomic E-state index is 10.9. The van der Waals surface area contributed by atoms with E-state index in [4.69, 9.17) is 0 Å². The molecule has 1 N–H and O–H groups in total. The number of pyridine rings is 1. The maximum atomic E-state index is 10.9. The SMILES string of the molecule is O=c1ccc(-c2cnn3ccccc23)n[nH]1. The fraction of sp³-hybridized carbons (Fsp3) is 0. The molecule has 0 unspecified atom stereocenters. The molecule has 0 aliphatic carbocycles. The molecule has 0 radical (unpaired) electrons. The largest absolute Gasteiger partial charge is 0.268 e. The highest BCUT2D eigenvalue weighted by atomic mass is 16.1. The highest BCUT2D eigenvalue weighted by Gasteiger charge is 2.06. The van der Waals surface area contributed by atoms with Gasteiger partial charge in [-0.2, -0.15) is 10.2 Å². The zero-order valence-corrected chi connectivity index (χ0v) is 8.29. The molecule has 0 spiro atoms. The molecule has 3 rings (SSSR count). The van der Waals surface area contributed by atoms with Gasteiger partial charge < -0.3 is 0 Å². The first-order chi connectivity index (χ1) is 7.84. The number of hydrogen-bond donors (Lipinski definition) is 1.